The molecule has 1 aromatic heterocycles. The van der Waals surface area contributed by atoms with Crippen LogP contribution in [0.5, 0.6) is 0 Å². The standard InChI is InChI=1S/C38H65N7O13/c1-5-6-7-8-9-10-11-12-13-14-15-16-18-44-34(53)25(43(4)38(44)55)22(46)21-42(3)26(33(52)40-2)31(58-36-30(51)27(48)23(20-39)56-36)32-28(49)29(50)35(57-32)45-19-17-24(47)41-37(45)54/h17,19,22-23,25-32,35-36,46,48-51H,5-16,18,20-21,39H2,1-4H3,(H,40,52)(H,41,47,54)/t22-,23+,25?,26-,27+,28-,29+,30+,31+,32?,35?,36?/m0/s1. The second kappa shape index (κ2) is 22.3. The number of aliphatic hydroxyl groups excluding tert-OH is 5. The number of aromatic amines is 1. The molecule has 330 valence electrons. The third kappa shape index (κ3) is 11.3. The molecule has 20 heteroatoms. The van der Waals surface area contributed by atoms with Crippen molar-refractivity contribution in [2.75, 3.05) is 40.8 Å². The summed E-state index contributed by atoms with van der Waals surface area (Å²) in [7, 11) is 4.10. The highest BCUT2D eigenvalue weighted by Gasteiger charge is 2.55. The molecule has 12 atom stereocenters. The summed E-state index contributed by atoms with van der Waals surface area (Å²) in [4.78, 5) is 70.5. The molecule has 0 radical (unpaired) electrons. The van der Waals surface area contributed by atoms with Gasteiger partial charge < -0.3 is 55.7 Å². The average molecular weight is 828 g/mol. The Morgan fingerprint density at radius 2 is 1.53 bits per heavy atom. The number of aromatic nitrogens is 2. The molecule has 3 aliphatic rings. The van der Waals surface area contributed by atoms with Crippen molar-refractivity contribution in [2.45, 2.75) is 157 Å². The lowest BCUT2D eigenvalue weighted by Crippen LogP contribution is -2.61. The Labute approximate surface area is 338 Å². The van der Waals surface area contributed by atoms with Crippen LogP contribution in [-0.4, -0.2) is 176 Å². The summed E-state index contributed by atoms with van der Waals surface area (Å²) in [5.41, 5.74) is 3.99. The third-order valence-electron chi connectivity index (χ3n) is 11.4. The maximum absolute atomic E-state index is 13.7. The predicted molar refractivity (Wildman–Crippen MR) is 208 cm³/mol. The van der Waals surface area contributed by atoms with Crippen LogP contribution in [-0.2, 0) is 23.8 Å². The number of hydrogen-bond donors (Lipinski definition) is 8. The Morgan fingerprint density at radius 3 is 2.09 bits per heavy atom. The molecule has 0 bridgehead atoms. The van der Waals surface area contributed by atoms with Crippen molar-refractivity contribution in [3.8, 4) is 0 Å². The number of hydrogen-bond acceptors (Lipinski definition) is 15. The van der Waals surface area contributed by atoms with Crippen LogP contribution in [0.25, 0.3) is 0 Å². The van der Waals surface area contributed by atoms with Crippen LogP contribution in [0.15, 0.2) is 21.9 Å². The molecule has 20 nitrogen and oxygen atoms in total. The van der Waals surface area contributed by atoms with E-state index in [0.29, 0.717) is 6.42 Å². The maximum atomic E-state index is 13.7. The highest BCUT2D eigenvalue weighted by atomic mass is 16.7. The Kier molecular flexibility index (Phi) is 18.2. The molecule has 4 unspecified atom stereocenters. The number of nitrogens with one attached hydrogen (secondary N) is 2. The molecule has 4 rings (SSSR count). The topological polar surface area (TPSA) is 283 Å². The minimum absolute atomic E-state index is 0.188. The van der Waals surface area contributed by atoms with E-state index in [-0.39, 0.29) is 13.1 Å². The van der Waals surface area contributed by atoms with Crippen molar-refractivity contribution in [1.82, 2.24) is 29.6 Å². The summed E-state index contributed by atoms with van der Waals surface area (Å²) in [6, 6.07) is -2.41. The lowest BCUT2D eigenvalue weighted by Gasteiger charge is -2.39. The molecule has 0 aliphatic carbocycles. The largest absolute Gasteiger partial charge is 0.389 e. The third-order valence-corrected chi connectivity index (χ3v) is 11.4. The van der Waals surface area contributed by atoms with Crippen LogP contribution in [0.1, 0.15) is 90.2 Å². The van der Waals surface area contributed by atoms with Gasteiger partial charge in [0.05, 0.1) is 6.10 Å². The number of carbonyl (C=O) groups excluding carboxylic acids is 3. The van der Waals surface area contributed by atoms with E-state index < -0.39 is 109 Å². The molecule has 3 aliphatic heterocycles. The number of urea groups is 1. The fourth-order valence-corrected chi connectivity index (χ4v) is 8.05. The lowest BCUT2D eigenvalue weighted by atomic mass is 9.96. The van der Waals surface area contributed by atoms with Crippen molar-refractivity contribution in [3.63, 3.8) is 0 Å². The van der Waals surface area contributed by atoms with Crippen molar-refractivity contribution in [1.29, 1.82) is 0 Å². The molecule has 3 saturated heterocycles. The minimum Gasteiger partial charge on any atom is -0.389 e. The molecule has 4 heterocycles. The second-order valence-electron chi connectivity index (χ2n) is 15.6. The maximum Gasteiger partial charge on any atom is 0.330 e. The number of rotatable bonds is 24. The highest BCUT2D eigenvalue weighted by Crippen LogP contribution is 2.35. The van der Waals surface area contributed by atoms with Crippen LogP contribution >= 0.6 is 0 Å². The van der Waals surface area contributed by atoms with E-state index in [1.807, 2.05) is 4.98 Å². The van der Waals surface area contributed by atoms with Gasteiger partial charge in [0.15, 0.2) is 12.5 Å². The summed E-state index contributed by atoms with van der Waals surface area (Å²) in [5, 5.41) is 57.8. The Morgan fingerprint density at radius 1 is 0.931 bits per heavy atom. The summed E-state index contributed by atoms with van der Waals surface area (Å²) in [6.07, 6.45) is -1.56. The van der Waals surface area contributed by atoms with Gasteiger partial charge in [0.1, 0.15) is 54.8 Å². The van der Waals surface area contributed by atoms with E-state index in [9.17, 15) is 49.5 Å². The first-order chi connectivity index (χ1) is 27.7. The number of ether oxygens (including phenoxy) is 3. The van der Waals surface area contributed by atoms with E-state index in [0.717, 1.165) is 52.3 Å². The van der Waals surface area contributed by atoms with Gasteiger partial charge in [-0.15, -0.1) is 0 Å². The van der Waals surface area contributed by atoms with Crippen LogP contribution in [0, 0.1) is 0 Å². The Bertz CT molecular complexity index is 1600. The fourth-order valence-electron chi connectivity index (χ4n) is 8.05. The first kappa shape index (κ1) is 47.4. The van der Waals surface area contributed by atoms with Gasteiger partial charge in [-0.1, -0.05) is 77.6 Å². The molecule has 9 N–H and O–H groups in total. The molecule has 1 aromatic rings. The van der Waals surface area contributed by atoms with E-state index in [2.05, 4.69) is 12.2 Å². The van der Waals surface area contributed by atoms with Gasteiger partial charge in [0, 0.05) is 46.0 Å². The fraction of sp³-hybridized carbons (Fsp3) is 0.816. The van der Waals surface area contributed by atoms with Crippen molar-refractivity contribution >= 4 is 17.8 Å². The number of nitrogens with two attached hydrogens (primary N) is 1. The van der Waals surface area contributed by atoms with Gasteiger partial charge >= 0.3 is 11.7 Å². The van der Waals surface area contributed by atoms with Crippen molar-refractivity contribution < 1.29 is 54.1 Å². The van der Waals surface area contributed by atoms with E-state index in [4.69, 9.17) is 19.9 Å². The van der Waals surface area contributed by atoms with E-state index in [1.165, 1.54) is 71.0 Å². The number of carbonyl (C=O) groups is 3. The average Bonchev–Trinajstić information content (AvgIpc) is 3.72. The van der Waals surface area contributed by atoms with Gasteiger partial charge in [-0.3, -0.25) is 33.7 Å². The minimum atomic E-state index is -1.86. The summed E-state index contributed by atoms with van der Waals surface area (Å²) < 4.78 is 18.5. The highest BCUT2D eigenvalue weighted by molar-refractivity contribution is 6.04. The molecule has 0 saturated carbocycles. The zero-order valence-electron chi connectivity index (χ0n) is 34.1. The summed E-state index contributed by atoms with van der Waals surface area (Å²) in [6.45, 7) is 1.76. The number of unbranched alkanes of at least 4 members (excludes halogenated alkanes) is 11. The quantitative estimate of drug-likeness (QED) is 0.0427. The van der Waals surface area contributed by atoms with Crippen molar-refractivity contribution in [3.05, 3.63) is 33.1 Å². The normalized spacial score (nSPS) is 29.1. The van der Waals surface area contributed by atoms with Crippen molar-refractivity contribution in [2.24, 2.45) is 5.73 Å². The van der Waals surface area contributed by atoms with Crippen LogP contribution in [0.4, 0.5) is 4.79 Å². The van der Waals surface area contributed by atoms with Gasteiger partial charge in [-0.25, -0.2) is 9.59 Å². The number of nitrogens with zero attached hydrogens (tertiary/aromatic N) is 4. The number of aliphatic hydroxyl groups is 5. The van der Waals surface area contributed by atoms with Crippen LogP contribution < -0.4 is 22.3 Å². The lowest BCUT2D eigenvalue weighted by molar-refractivity contribution is -0.233. The first-order valence-corrected chi connectivity index (χ1v) is 20.6. The molecule has 4 amide bonds. The molecule has 0 aromatic carbocycles. The number of amides is 4. The number of H-pyrrole nitrogens is 1. The summed E-state index contributed by atoms with van der Waals surface area (Å²) in [5.74, 6) is -1.37. The zero-order valence-corrected chi connectivity index (χ0v) is 34.1. The summed E-state index contributed by atoms with van der Waals surface area (Å²) >= 11 is 0. The molecule has 58 heavy (non-hydrogen) atoms. The predicted octanol–water partition coefficient (Wildman–Crippen LogP) is -1.68. The van der Waals surface area contributed by atoms with E-state index >= 15 is 0 Å². The van der Waals surface area contributed by atoms with Gasteiger partial charge in [-0.2, -0.15) is 0 Å². The monoisotopic (exact) mass is 827 g/mol. The smallest absolute Gasteiger partial charge is 0.330 e. The second-order valence-corrected chi connectivity index (χ2v) is 15.6. The molecule has 3 fully saturated rings. The van der Waals surface area contributed by atoms with Gasteiger partial charge in [0.25, 0.3) is 11.5 Å². The van der Waals surface area contributed by atoms with Gasteiger partial charge in [-0.05, 0) is 13.5 Å². The molecular formula is C38H65N7O13. The molecule has 0 spiro atoms. The Balaban J connectivity index is 1.46. The number of imide groups is 1. The molecular weight excluding hydrogens is 762 g/mol. The van der Waals surface area contributed by atoms with Gasteiger partial charge in [0.2, 0.25) is 5.91 Å². The van der Waals surface area contributed by atoms with Crippen LogP contribution in [0.3, 0.4) is 0 Å². The van der Waals surface area contributed by atoms with Crippen LogP contribution in [0.2, 0.25) is 0 Å². The first-order valence-electron chi connectivity index (χ1n) is 20.6. The SMILES string of the molecule is CCCCCCCCCCCCCCN1C(=O)C([C@@H](O)CN(C)[C@H](C(=O)NC)[C@@H](OC2O[C@H](CN)[C@@H](O)[C@H]2O)C2OC(n3ccc(=O)[nH]c3=O)[C@H](O)[C@@H]2O)N(C)C1=O. The zero-order chi connectivity index (χ0) is 42.7. The number of likely N-dealkylation sites (N-methyl/N-ethyl adjacent to an activating group) is 3. The van der Waals surface area contributed by atoms with E-state index in [1.54, 1.807) is 0 Å². The Hall–Kier alpha value is -3.31.